The first-order chi connectivity index (χ1) is 8.97. The van der Waals surface area contributed by atoms with Gasteiger partial charge in [-0.2, -0.15) is 0 Å². The smallest absolute Gasteiger partial charge is 0.337 e. The van der Waals surface area contributed by atoms with Gasteiger partial charge in [-0.05, 0) is 37.3 Å². The average molecular weight is 341 g/mol. The lowest BCUT2D eigenvalue weighted by Crippen LogP contribution is -2.03. The number of rotatable bonds is 3. The molecule has 0 heterocycles. The maximum atomic E-state index is 11.2. The third-order valence-corrected chi connectivity index (χ3v) is 3.43. The molecule has 5 heteroatoms. The Hall–Kier alpha value is -1.52. The molecule has 0 saturated carbocycles. The van der Waals surface area contributed by atoms with E-state index in [0.29, 0.717) is 16.4 Å². The standard InChI is InChI=1S/C14H11BrClNO2/c1-8-2-5-12(10(6-8)14(18)19)17-13-7-9(15)3-4-11(13)16/h2-7,17H,1H3,(H,18,19). The molecule has 2 aromatic carbocycles. The molecule has 0 spiro atoms. The predicted octanol–water partition coefficient (Wildman–Crippen LogP) is 4.85. The number of aromatic carboxylic acids is 1. The number of benzene rings is 2. The first-order valence-electron chi connectivity index (χ1n) is 5.53. The van der Waals surface area contributed by atoms with Crippen molar-refractivity contribution in [3.63, 3.8) is 0 Å². The fourth-order valence-electron chi connectivity index (χ4n) is 1.68. The van der Waals surface area contributed by atoms with Crippen LogP contribution in [0.25, 0.3) is 0 Å². The Bertz CT molecular complexity index is 643. The highest BCUT2D eigenvalue weighted by Crippen LogP contribution is 2.30. The van der Waals surface area contributed by atoms with Gasteiger partial charge in [-0.1, -0.05) is 39.2 Å². The molecule has 0 aliphatic rings. The van der Waals surface area contributed by atoms with E-state index in [1.54, 1.807) is 24.3 Å². The normalized spacial score (nSPS) is 10.3. The first-order valence-corrected chi connectivity index (χ1v) is 6.70. The summed E-state index contributed by atoms with van der Waals surface area (Å²) in [7, 11) is 0. The van der Waals surface area contributed by atoms with Crippen LogP contribution in [0.5, 0.6) is 0 Å². The number of halogens is 2. The van der Waals surface area contributed by atoms with Crippen molar-refractivity contribution in [2.45, 2.75) is 6.92 Å². The Labute approximate surface area is 124 Å². The van der Waals surface area contributed by atoms with E-state index in [0.717, 1.165) is 10.0 Å². The number of aryl methyl sites for hydroxylation is 1. The number of hydrogen-bond donors (Lipinski definition) is 2. The highest BCUT2D eigenvalue weighted by molar-refractivity contribution is 9.10. The molecule has 0 saturated heterocycles. The highest BCUT2D eigenvalue weighted by Gasteiger charge is 2.11. The molecular formula is C14H11BrClNO2. The summed E-state index contributed by atoms with van der Waals surface area (Å²) in [5, 5.41) is 12.8. The average Bonchev–Trinajstić information content (AvgIpc) is 2.35. The molecule has 0 radical (unpaired) electrons. The Morgan fingerprint density at radius 3 is 2.63 bits per heavy atom. The zero-order valence-corrected chi connectivity index (χ0v) is 12.4. The van der Waals surface area contributed by atoms with Crippen LogP contribution in [-0.4, -0.2) is 11.1 Å². The number of anilines is 2. The van der Waals surface area contributed by atoms with Crippen molar-refractivity contribution in [1.29, 1.82) is 0 Å². The summed E-state index contributed by atoms with van der Waals surface area (Å²) in [6.07, 6.45) is 0. The maximum Gasteiger partial charge on any atom is 0.337 e. The number of hydrogen-bond acceptors (Lipinski definition) is 2. The Morgan fingerprint density at radius 2 is 1.95 bits per heavy atom. The van der Waals surface area contributed by atoms with Crippen LogP contribution in [0.1, 0.15) is 15.9 Å². The van der Waals surface area contributed by atoms with Crippen LogP contribution in [0.2, 0.25) is 5.02 Å². The minimum absolute atomic E-state index is 0.219. The number of nitrogens with one attached hydrogen (secondary N) is 1. The van der Waals surface area contributed by atoms with E-state index in [1.807, 2.05) is 19.1 Å². The Balaban J connectivity index is 2.43. The van der Waals surface area contributed by atoms with E-state index in [4.69, 9.17) is 11.6 Å². The van der Waals surface area contributed by atoms with E-state index in [9.17, 15) is 9.90 Å². The molecule has 0 bridgehead atoms. The molecule has 19 heavy (non-hydrogen) atoms. The van der Waals surface area contributed by atoms with E-state index in [1.165, 1.54) is 0 Å². The minimum atomic E-state index is -0.975. The van der Waals surface area contributed by atoms with E-state index in [2.05, 4.69) is 21.2 Å². The van der Waals surface area contributed by atoms with Gasteiger partial charge in [0.1, 0.15) is 0 Å². The summed E-state index contributed by atoms with van der Waals surface area (Å²) in [5.74, 6) is -0.975. The van der Waals surface area contributed by atoms with Gasteiger partial charge in [0.05, 0.1) is 22.0 Å². The first kappa shape index (κ1) is 13.9. The number of carbonyl (C=O) groups is 1. The van der Waals surface area contributed by atoms with Crippen molar-refractivity contribution < 1.29 is 9.90 Å². The van der Waals surface area contributed by atoms with Gasteiger partial charge in [0, 0.05) is 4.47 Å². The largest absolute Gasteiger partial charge is 0.478 e. The molecule has 2 N–H and O–H groups in total. The summed E-state index contributed by atoms with van der Waals surface area (Å²) in [5.41, 5.74) is 2.28. The van der Waals surface area contributed by atoms with Crippen LogP contribution >= 0.6 is 27.5 Å². The summed E-state index contributed by atoms with van der Waals surface area (Å²) in [4.78, 5) is 11.2. The molecule has 0 amide bonds. The second-order valence-corrected chi connectivity index (χ2v) is 5.43. The molecule has 2 aromatic rings. The lowest BCUT2D eigenvalue weighted by Gasteiger charge is -2.12. The summed E-state index contributed by atoms with van der Waals surface area (Å²) >= 11 is 9.43. The van der Waals surface area contributed by atoms with Crippen LogP contribution in [0.4, 0.5) is 11.4 Å². The third-order valence-electron chi connectivity index (χ3n) is 2.60. The van der Waals surface area contributed by atoms with Crippen LogP contribution in [0.15, 0.2) is 40.9 Å². The van der Waals surface area contributed by atoms with Gasteiger partial charge >= 0.3 is 5.97 Å². The quantitative estimate of drug-likeness (QED) is 0.839. The van der Waals surface area contributed by atoms with Gasteiger partial charge in [-0.25, -0.2) is 4.79 Å². The number of carboxylic acid groups (broad SMARTS) is 1. The molecule has 0 aliphatic carbocycles. The summed E-state index contributed by atoms with van der Waals surface area (Å²) in [6, 6.07) is 10.6. The van der Waals surface area contributed by atoms with Crippen LogP contribution in [0, 0.1) is 6.92 Å². The number of carboxylic acids is 1. The highest BCUT2D eigenvalue weighted by atomic mass is 79.9. The second kappa shape index (κ2) is 5.63. The van der Waals surface area contributed by atoms with E-state index >= 15 is 0 Å². The van der Waals surface area contributed by atoms with Gasteiger partial charge in [0.25, 0.3) is 0 Å². The van der Waals surface area contributed by atoms with E-state index in [-0.39, 0.29) is 5.56 Å². The van der Waals surface area contributed by atoms with Crippen molar-refractivity contribution in [2.24, 2.45) is 0 Å². The van der Waals surface area contributed by atoms with Crippen LogP contribution < -0.4 is 5.32 Å². The second-order valence-electron chi connectivity index (χ2n) is 4.10. The van der Waals surface area contributed by atoms with Crippen LogP contribution in [-0.2, 0) is 0 Å². The Morgan fingerprint density at radius 1 is 1.21 bits per heavy atom. The van der Waals surface area contributed by atoms with Crippen molar-refractivity contribution in [1.82, 2.24) is 0 Å². The van der Waals surface area contributed by atoms with Crippen molar-refractivity contribution in [3.05, 3.63) is 57.0 Å². The monoisotopic (exact) mass is 339 g/mol. The third kappa shape index (κ3) is 3.28. The molecule has 0 atom stereocenters. The zero-order valence-electron chi connectivity index (χ0n) is 10.1. The SMILES string of the molecule is Cc1ccc(Nc2cc(Br)ccc2Cl)c(C(=O)O)c1. The lowest BCUT2D eigenvalue weighted by atomic mass is 10.1. The van der Waals surface area contributed by atoms with E-state index < -0.39 is 5.97 Å². The zero-order chi connectivity index (χ0) is 14.0. The lowest BCUT2D eigenvalue weighted by molar-refractivity contribution is 0.0698. The molecule has 0 fully saturated rings. The van der Waals surface area contributed by atoms with Gasteiger partial charge in [0.15, 0.2) is 0 Å². The fourth-order valence-corrected chi connectivity index (χ4v) is 2.21. The minimum Gasteiger partial charge on any atom is -0.478 e. The van der Waals surface area contributed by atoms with Crippen molar-refractivity contribution >= 4 is 44.9 Å². The van der Waals surface area contributed by atoms with Gasteiger partial charge in [-0.15, -0.1) is 0 Å². The molecule has 0 aliphatic heterocycles. The molecule has 2 rings (SSSR count). The van der Waals surface area contributed by atoms with Crippen molar-refractivity contribution in [2.75, 3.05) is 5.32 Å². The maximum absolute atomic E-state index is 11.2. The topological polar surface area (TPSA) is 49.3 Å². The van der Waals surface area contributed by atoms with Crippen LogP contribution in [0.3, 0.4) is 0 Å². The molecular weight excluding hydrogens is 330 g/mol. The van der Waals surface area contributed by atoms with Crippen molar-refractivity contribution in [3.8, 4) is 0 Å². The molecule has 3 nitrogen and oxygen atoms in total. The summed E-state index contributed by atoms with van der Waals surface area (Å²) in [6.45, 7) is 1.85. The molecule has 98 valence electrons. The van der Waals surface area contributed by atoms with Gasteiger partial charge in [0.2, 0.25) is 0 Å². The molecule has 0 aromatic heterocycles. The Kier molecular flexibility index (Phi) is 4.12. The summed E-state index contributed by atoms with van der Waals surface area (Å²) < 4.78 is 0.864. The fraction of sp³-hybridized carbons (Fsp3) is 0.0714. The van der Waals surface area contributed by atoms with Gasteiger partial charge < -0.3 is 10.4 Å². The molecule has 0 unspecified atom stereocenters. The van der Waals surface area contributed by atoms with Gasteiger partial charge in [-0.3, -0.25) is 0 Å². The predicted molar refractivity (Wildman–Crippen MR) is 80.6 cm³/mol.